The van der Waals surface area contributed by atoms with E-state index in [0.717, 1.165) is 44.6 Å². The molecule has 0 spiro atoms. The maximum atomic E-state index is 12.2. The molecule has 3 atom stereocenters. The van der Waals surface area contributed by atoms with Crippen molar-refractivity contribution in [3.8, 4) is 0 Å². The summed E-state index contributed by atoms with van der Waals surface area (Å²) in [7, 11) is 0. The average Bonchev–Trinajstić information content (AvgIpc) is 3.00. The minimum absolute atomic E-state index is 0.125. The van der Waals surface area contributed by atoms with Crippen LogP contribution in [0.2, 0.25) is 0 Å². The van der Waals surface area contributed by atoms with Crippen LogP contribution in [-0.2, 0) is 20.9 Å². The van der Waals surface area contributed by atoms with Crippen molar-refractivity contribution in [3.05, 3.63) is 35.9 Å². The number of benzene rings is 1. The zero-order valence-electron chi connectivity index (χ0n) is 15.4. The zero-order valence-corrected chi connectivity index (χ0v) is 15.4. The SMILES string of the molecule is C[C@@H]1CN(C[C@@H]2CCCN2CC(=O)OCc2ccccc2)C[C@H](C)O1. The number of rotatable bonds is 6. The van der Waals surface area contributed by atoms with Gasteiger partial charge in [0, 0.05) is 25.7 Å². The molecule has 25 heavy (non-hydrogen) atoms. The van der Waals surface area contributed by atoms with Crippen LogP contribution < -0.4 is 0 Å². The van der Waals surface area contributed by atoms with E-state index < -0.39 is 0 Å². The quantitative estimate of drug-likeness (QED) is 0.740. The van der Waals surface area contributed by atoms with E-state index in [2.05, 4.69) is 23.6 Å². The normalized spacial score (nSPS) is 28.2. The van der Waals surface area contributed by atoms with E-state index in [0.29, 0.717) is 19.2 Å². The van der Waals surface area contributed by atoms with Crippen LogP contribution in [0.4, 0.5) is 0 Å². The third-order valence-corrected chi connectivity index (χ3v) is 5.04. The summed E-state index contributed by atoms with van der Waals surface area (Å²) in [6.07, 6.45) is 2.89. The summed E-state index contributed by atoms with van der Waals surface area (Å²) in [6.45, 7) is 8.99. The summed E-state index contributed by atoms with van der Waals surface area (Å²) in [4.78, 5) is 17.0. The molecule has 0 N–H and O–H groups in total. The van der Waals surface area contributed by atoms with Gasteiger partial charge in [-0.05, 0) is 38.8 Å². The van der Waals surface area contributed by atoms with Gasteiger partial charge in [0.1, 0.15) is 6.61 Å². The Morgan fingerprint density at radius 2 is 1.92 bits per heavy atom. The Hall–Kier alpha value is -1.43. The fourth-order valence-corrected chi connectivity index (χ4v) is 3.99. The van der Waals surface area contributed by atoms with Crippen LogP contribution in [0, 0.1) is 0 Å². The summed E-state index contributed by atoms with van der Waals surface area (Å²) < 4.78 is 11.3. The molecule has 2 fully saturated rings. The Kier molecular flexibility index (Phi) is 6.45. The van der Waals surface area contributed by atoms with E-state index in [1.807, 2.05) is 30.3 Å². The third kappa shape index (κ3) is 5.53. The molecule has 1 aromatic rings. The molecule has 2 heterocycles. The Morgan fingerprint density at radius 1 is 1.20 bits per heavy atom. The van der Waals surface area contributed by atoms with Crippen LogP contribution in [0.1, 0.15) is 32.3 Å². The van der Waals surface area contributed by atoms with Crippen molar-refractivity contribution in [2.45, 2.75) is 51.5 Å². The first-order chi connectivity index (χ1) is 12.1. The number of nitrogens with zero attached hydrogens (tertiary/aromatic N) is 2. The molecule has 2 aliphatic heterocycles. The molecule has 0 bridgehead atoms. The molecule has 2 aliphatic rings. The summed E-state index contributed by atoms with van der Waals surface area (Å²) in [5.74, 6) is -0.125. The van der Waals surface area contributed by atoms with Gasteiger partial charge in [0.2, 0.25) is 0 Å². The molecule has 5 heteroatoms. The Morgan fingerprint density at radius 3 is 2.64 bits per heavy atom. The summed E-state index contributed by atoms with van der Waals surface area (Å²) in [6, 6.07) is 10.3. The van der Waals surface area contributed by atoms with Crippen LogP contribution in [0.15, 0.2) is 30.3 Å². The fraction of sp³-hybridized carbons (Fsp3) is 0.650. The summed E-state index contributed by atoms with van der Waals surface area (Å²) in [5, 5.41) is 0. The standard InChI is InChI=1S/C20H30N2O3/c1-16-11-21(12-17(2)25-16)13-19-9-6-10-22(19)14-20(23)24-15-18-7-4-3-5-8-18/h3-5,7-8,16-17,19H,6,9-15H2,1-2H3/t16-,17+,19-/m0/s1. The molecule has 0 aromatic heterocycles. The predicted octanol–water partition coefficient (Wildman–Crippen LogP) is 2.30. The molecular formula is C20H30N2O3. The topological polar surface area (TPSA) is 42.0 Å². The van der Waals surface area contributed by atoms with Crippen molar-refractivity contribution in [2.75, 3.05) is 32.7 Å². The lowest BCUT2D eigenvalue weighted by molar-refractivity contribution is -0.146. The number of morpholine rings is 1. The van der Waals surface area contributed by atoms with Gasteiger partial charge in [-0.2, -0.15) is 0 Å². The Balaban J connectivity index is 1.45. The van der Waals surface area contributed by atoms with Crippen molar-refractivity contribution in [1.82, 2.24) is 9.80 Å². The Labute approximate surface area is 150 Å². The lowest BCUT2D eigenvalue weighted by atomic mass is 10.1. The van der Waals surface area contributed by atoms with E-state index in [1.54, 1.807) is 0 Å². The number of hydrogen-bond acceptors (Lipinski definition) is 5. The van der Waals surface area contributed by atoms with Gasteiger partial charge in [0.15, 0.2) is 0 Å². The van der Waals surface area contributed by atoms with E-state index in [4.69, 9.17) is 9.47 Å². The minimum Gasteiger partial charge on any atom is -0.460 e. The molecule has 0 radical (unpaired) electrons. The highest BCUT2D eigenvalue weighted by Crippen LogP contribution is 2.20. The van der Waals surface area contributed by atoms with Crippen LogP contribution in [-0.4, -0.2) is 66.7 Å². The highest BCUT2D eigenvalue weighted by atomic mass is 16.5. The molecule has 138 valence electrons. The molecular weight excluding hydrogens is 316 g/mol. The number of carbonyl (C=O) groups is 1. The fourth-order valence-electron chi connectivity index (χ4n) is 3.99. The summed E-state index contributed by atoms with van der Waals surface area (Å²) >= 11 is 0. The van der Waals surface area contributed by atoms with Crippen molar-refractivity contribution >= 4 is 5.97 Å². The van der Waals surface area contributed by atoms with E-state index >= 15 is 0 Å². The minimum atomic E-state index is -0.125. The number of ether oxygens (including phenoxy) is 2. The lowest BCUT2D eigenvalue weighted by Crippen LogP contribution is -2.50. The number of esters is 1. The lowest BCUT2D eigenvalue weighted by Gasteiger charge is -2.38. The average molecular weight is 346 g/mol. The van der Waals surface area contributed by atoms with Crippen LogP contribution in [0.5, 0.6) is 0 Å². The highest BCUT2D eigenvalue weighted by Gasteiger charge is 2.31. The van der Waals surface area contributed by atoms with Crippen molar-refractivity contribution in [3.63, 3.8) is 0 Å². The van der Waals surface area contributed by atoms with Gasteiger partial charge in [0.05, 0.1) is 18.8 Å². The molecule has 2 saturated heterocycles. The number of hydrogen-bond donors (Lipinski definition) is 0. The van der Waals surface area contributed by atoms with Gasteiger partial charge in [0.25, 0.3) is 0 Å². The molecule has 0 saturated carbocycles. The van der Waals surface area contributed by atoms with E-state index in [-0.39, 0.29) is 18.2 Å². The molecule has 0 amide bonds. The summed E-state index contributed by atoms with van der Waals surface area (Å²) in [5.41, 5.74) is 1.03. The number of likely N-dealkylation sites (tertiary alicyclic amines) is 1. The van der Waals surface area contributed by atoms with Crippen LogP contribution >= 0.6 is 0 Å². The maximum Gasteiger partial charge on any atom is 0.320 e. The zero-order chi connectivity index (χ0) is 17.6. The van der Waals surface area contributed by atoms with Crippen molar-refractivity contribution < 1.29 is 14.3 Å². The first-order valence-electron chi connectivity index (χ1n) is 9.41. The van der Waals surface area contributed by atoms with Gasteiger partial charge in [-0.25, -0.2) is 0 Å². The predicted molar refractivity (Wildman–Crippen MR) is 97.3 cm³/mol. The van der Waals surface area contributed by atoms with Gasteiger partial charge in [-0.15, -0.1) is 0 Å². The van der Waals surface area contributed by atoms with E-state index in [9.17, 15) is 4.79 Å². The van der Waals surface area contributed by atoms with E-state index in [1.165, 1.54) is 0 Å². The second-order valence-electron chi connectivity index (χ2n) is 7.39. The maximum absolute atomic E-state index is 12.2. The van der Waals surface area contributed by atoms with Gasteiger partial charge in [-0.3, -0.25) is 14.6 Å². The second-order valence-corrected chi connectivity index (χ2v) is 7.39. The molecule has 1 aromatic carbocycles. The third-order valence-electron chi connectivity index (χ3n) is 5.04. The first kappa shape index (κ1) is 18.4. The monoisotopic (exact) mass is 346 g/mol. The first-order valence-corrected chi connectivity index (χ1v) is 9.41. The molecule has 3 rings (SSSR count). The van der Waals surface area contributed by atoms with Gasteiger partial charge >= 0.3 is 5.97 Å². The van der Waals surface area contributed by atoms with Crippen molar-refractivity contribution in [2.24, 2.45) is 0 Å². The van der Waals surface area contributed by atoms with Gasteiger partial charge < -0.3 is 9.47 Å². The Bertz CT molecular complexity index is 541. The van der Waals surface area contributed by atoms with Crippen LogP contribution in [0.25, 0.3) is 0 Å². The smallest absolute Gasteiger partial charge is 0.320 e. The number of carbonyl (C=O) groups excluding carboxylic acids is 1. The van der Waals surface area contributed by atoms with Crippen LogP contribution in [0.3, 0.4) is 0 Å². The second kappa shape index (κ2) is 8.79. The highest BCUT2D eigenvalue weighted by molar-refractivity contribution is 5.71. The van der Waals surface area contributed by atoms with Gasteiger partial charge in [-0.1, -0.05) is 30.3 Å². The van der Waals surface area contributed by atoms with Crippen molar-refractivity contribution in [1.29, 1.82) is 0 Å². The molecule has 0 aliphatic carbocycles. The molecule has 5 nitrogen and oxygen atoms in total. The molecule has 0 unspecified atom stereocenters. The largest absolute Gasteiger partial charge is 0.460 e.